The van der Waals surface area contributed by atoms with Gasteiger partial charge in [0.25, 0.3) is 0 Å². The minimum absolute atomic E-state index is 0.0123. The highest BCUT2D eigenvalue weighted by molar-refractivity contribution is 9.21. The molecular formula is C8H11BrN2O3S. The van der Waals surface area contributed by atoms with E-state index in [1.165, 1.54) is 6.20 Å². The molecule has 1 saturated heterocycles. The van der Waals surface area contributed by atoms with E-state index in [2.05, 4.69) is 20.9 Å². The number of nitrogens with zero attached hydrogens (tertiary/aromatic N) is 2. The molecule has 0 atom stereocenters. The van der Waals surface area contributed by atoms with Gasteiger partial charge in [-0.1, -0.05) is 0 Å². The van der Waals surface area contributed by atoms with Crippen LogP contribution in [-0.4, -0.2) is 50.1 Å². The minimum Gasteiger partial charge on any atom is -0.379 e. The van der Waals surface area contributed by atoms with Crippen molar-refractivity contribution in [3.8, 4) is 0 Å². The van der Waals surface area contributed by atoms with Crippen LogP contribution in [0.2, 0.25) is 0 Å². The van der Waals surface area contributed by atoms with Crippen molar-refractivity contribution in [2.75, 3.05) is 32.8 Å². The zero-order valence-electron chi connectivity index (χ0n) is 8.02. The molecule has 2 aliphatic rings. The van der Waals surface area contributed by atoms with Crippen LogP contribution >= 0.6 is 15.9 Å². The van der Waals surface area contributed by atoms with Crippen LogP contribution in [0.5, 0.6) is 0 Å². The van der Waals surface area contributed by atoms with Gasteiger partial charge >= 0.3 is 0 Å². The zero-order chi connectivity index (χ0) is 10.9. The van der Waals surface area contributed by atoms with Crippen molar-refractivity contribution >= 4 is 29.7 Å². The van der Waals surface area contributed by atoms with Crippen molar-refractivity contribution < 1.29 is 13.2 Å². The summed E-state index contributed by atoms with van der Waals surface area (Å²) in [5, 5.41) is 0. The predicted molar refractivity (Wildman–Crippen MR) is 60.6 cm³/mol. The fourth-order valence-electron chi connectivity index (χ4n) is 1.48. The van der Waals surface area contributed by atoms with Gasteiger partial charge in [0.05, 0.1) is 18.1 Å². The minimum atomic E-state index is -3.32. The molecule has 2 aliphatic heterocycles. The highest BCUT2D eigenvalue weighted by Crippen LogP contribution is 2.21. The molecule has 0 spiro atoms. The normalized spacial score (nSPS) is 26.2. The quantitative estimate of drug-likeness (QED) is 0.737. The molecule has 0 saturated carbocycles. The van der Waals surface area contributed by atoms with Crippen LogP contribution in [0.25, 0.3) is 0 Å². The van der Waals surface area contributed by atoms with Crippen LogP contribution < -0.4 is 0 Å². The van der Waals surface area contributed by atoms with Gasteiger partial charge < -0.3 is 4.74 Å². The fourth-order valence-corrected chi connectivity index (χ4v) is 3.15. The largest absolute Gasteiger partial charge is 0.379 e. The average molecular weight is 295 g/mol. The van der Waals surface area contributed by atoms with Crippen molar-refractivity contribution in [3.63, 3.8) is 0 Å². The van der Waals surface area contributed by atoms with E-state index in [4.69, 9.17) is 4.74 Å². The van der Waals surface area contributed by atoms with Crippen LogP contribution in [0.1, 0.15) is 0 Å². The monoisotopic (exact) mass is 294 g/mol. The summed E-state index contributed by atoms with van der Waals surface area (Å²) < 4.78 is 28.5. The number of rotatable bonds is 2. The Bertz CT molecular complexity index is 410. The lowest BCUT2D eigenvalue weighted by atomic mass is 10.4. The van der Waals surface area contributed by atoms with Gasteiger partial charge in [-0.3, -0.25) is 4.90 Å². The summed E-state index contributed by atoms with van der Waals surface area (Å²) in [6, 6.07) is 0. The Hall–Kier alpha value is -0.240. The first-order chi connectivity index (χ1) is 7.10. The molecule has 1 fully saturated rings. The lowest BCUT2D eigenvalue weighted by Gasteiger charge is -2.26. The molecule has 2 rings (SSSR count). The summed E-state index contributed by atoms with van der Waals surface area (Å²) in [5.41, 5.74) is 0. The first-order valence-electron chi connectivity index (χ1n) is 4.58. The maximum absolute atomic E-state index is 11.7. The van der Waals surface area contributed by atoms with Crippen LogP contribution in [0, 0.1) is 0 Å². The number of hydrogen-bond acceptors (Lipinski definition) is 5. The fraction of sp³-hybridized carbons (Fsp3) is 0.625. The number of hydrogen-bond donors (Lipinski definition) is 0. The molecular weight excluding hydrogens is 284 g/mol. The molecule has 0 unspecified atom stereocenters. The molecule has 0 amide bonds. The number of morpholine rings is 1. The van der Waals surface area contributed by atoms with Gasteiger partial charge in [-0.2, -0.15) is 0 Å². The summed E-state index contributed by atoms with van der Waals surface area (Å²) in [4.78, 5) is 6.17. The second-order valence-electron chi connectivity index (χ2n) is 3.37. The maximum atomic E-state index is 11.7. The molecule has 0 N–H and O–H groups in total. The second kappa shape index (κ2) is 4.32. The van der Waals surface area contributed by atoms with Gasteiger partial charge in [-0.05, 0) is 15.9 Å². The van der Waals surface area contributed by atoms with Gasteiger partial charge in [0.15, 0.2) is 0 Å². The standard InChI is InChI=1S/C8H11BrN2O3S/c9-8-10-5-7(15(8,12)13)6-11-1-3-14-4-2-11/h5H,1-4,6H2. The van der Waals surface area contributed by atoms with Crippen molar-refractivity contribution in [1.82, 2.24) is 4.90 Å². The van der Waals surface area contributed by atoms with E-state index in [1.54, 1.807) is 0 Å². The molecule has 84 valence electrons. The van der Waals surface area contributed by atoms with E-state index in [1.807, 2.05) is 4.90 Å². The summed E-state index contributed by atoms with van der Waals surface area (Å²) in [5.74, 6) is 0. The first-order valence-corrected chi connectivity index (χ1v) is 6.86. The molecule has 0 aromatic heterocycles. The predicted octanol–water partition coefficient (Wildman–Crippen LogP) is 0.339. The van der Waals surface area contributed by atoms with Crippen molar-refractivity contribution in [1.29, 1.82) is 0 Å². The van der Waals surface area contributed by atoms with E-state index in [0.717, 1.165) is 13.1 Å². The Balaban J connectivity index is 2.02. The lowest BCUT2D eigenvalue weighted by molar-refractivity contribution is 0.0430. The molecule has 0 radical (unpaired) electrons. The highest BCUT2D eigenvalue weighted by atomic mass is 79.9. The van der Waals surface area contributed by atoms with Crippen molar-refractivity contribution in [2.24, 2.45) is 4.99 Å². The van der Waals surface area contributed by atoms with E-state index < -0.39 is 9.84 Å². The zero-order valence-corrected chi connectivity index (χ0v) is 10.4. The van der Waals surface area contributed by atoms with E-state index in [-0.39, 0.29) is 3.95 Å². The highest BCUT2D eigenvalue weighted by Gasteiger charge is 2.29. The number of halogens is 1. The molecule has 7 heteroatoms. The van der Waals surface area contributed by atoms with Crippen molar-refractivity contribution in [3.05, 3.63) is 11.1 Å². The van der Waals surface area contributed by atoms with Crippen LogP contribution in [0.4, 0.5) is 0 Å². The second-order valence-corrected chi connectivity index (χ2v) is 6.56. The summed E-state index contributed by atoms with van der Waals surface area (Å²) in [7, 11) is -3.32. The Kier molecular flexibility index (Phi) is 3.24. The Morgan fingerprint density at radius 3 is 2.67 bits per heavy atom. The molecule has 2 heterocycles. The third kappa shape index (κ3) is 2.30. The lowest BCUT2D eigenvalue weighted by Crippen LogP contribution is -2.38. The van der Waals surface area contributed by atoms with Crippen LogP contribution in [-0.2, 0) is 14.6 Å². The third-order valence-corrected chi connectivity index (χ3v) is 5.32. The van der Waals surface area contributed by atoms with Crippen molar-refractivity contribution in [2.45, 2.75) is 0 Å². The molecule has 15 heavy (non-hydrogen) atoms. The molecule has 0 aliphatic carbocycles. The maximum Gasteiger partial charge on any atom is 0.229 e. The summed E-state index contributed by atoms with van der Waals surface area (Å²) in [6.07, 6.45) is 1.41. The van der Waals surface area contributed by atoms with Gasteiger partial charge in [0, 0.05) is 25.8 Å². The number of sulfone groups is 1. The van der Waals surface area contributed by atoms with Crippen LogP contribution in [0.3, 0.4) is 0 Å². The Labute approximate surface area is 96.9 Å². The van der Waals surface area contributed by atoms with Gasteiger partial charge in [-0.15, -0.1) is 0 Å². The average Bonchev–Trinajstić information content (AvgIpc) is 2.47. The van der Waals surface area contributed by atoms with E-state index in [0.29, 0.717) is 24.7 Å². The molecule has 0 aromatic carbocycles. The Morgan fingerprint density at radius 2 is 2.13 bits per heavy atom. The molecule has 5 nitrogen and oxygen atoms in total. The van der Waals surface area contributed by atoms with Gasteiger partial charge in [-0.25, -0.2) is 13.4 Å². The summed E-state index contributed by atoms with van der Waals surface area (Å²) in [6.45, 7) is 3.28. The summed E-state index contributed by atoms with van der Waals surface area (Å²) >= 11 is 2.93. The molecule has 0 aromatic rings. The smallest absolute Gasteiger partial charge is 0.229 e. The number of ether oxygens (including phenoxy) is 1. The van der Waals surface area contributed by atoms with E-state index >= 15 is 0 Å². The SMILES string of the molecule is O=S1(=O)C(CN2CCOCC2)=CN=C1Br. The van der Waals surface area contributed by atoms with E-state index in [9.17, 15) is 8.42 Å². The third-order valence-electron chi connectivity index (χ3n) is 2.36. The first kappa shape index (κ1) is 11.3. The van der Waals surface area contributed by atoms with Gasteiger partial charge in [0.1, 0.15) is 0 Å². The number of aliphatic imine (C=N–C) groups is 1. The topological polar surface area (TPSA) is 59.0 Å². The van der Waals surface area contributed by atoms with Gasteiger partial charge in [0.2, 0.25) is 13.8 Å². The van der Waals surface area contributed by atoms with Crippen LogP contribution in [0.15, 0.2) is 16.1 Å². The molecule has 0 bridgehead atoms. The Morgan fingerprint density at radius 1 is 1.47 bits per heavy atom.